The highest BCUT2D eigenvalue weighted by Crippen LogP contribution is 2.38. The Morgan fingerprint density at radius 1 is 0.893 bits per heavy atom. The molecule has 142 valence electrons. The van der Waals surface area contributed by atoms with Gasteiger partial charge in [-0.25, -0.2) is 0 Å². The number of benzene rings is 2. The molecule has 2 heterocycles. The topological polar surface area (TPSA) is 25.2 Å². The van der Waals surface area contributed by atoms with Gasteiger partial charge < -0.3 is 9.47 Å². The average molecular weight is 389 g/mol. The lowest BCUT2D eigenvalue weighted by atomic mass is 10.1. The lowest BCUT2D eigenvalue weighted by molar-refractivity contribution is 0.866. The highest BCUT2D eigenvalue weighted by atomic mass is 32.1. The monoisotopic (exact) mass is 388 g/mol. The molecular formula is C24H24N2OS. The molecule has 2 aromatic carbocycles. The van der Waals surface area contributed by atoms with Crippen molar-refractivity contribution in [3.05, 3.63) is 77.1 Å². The van der Waals surface area contributed by atoms with E-state index in [4.69, 9.17) is 0 Å². The molecule has 0 aliphatic carbocycles. The second-order valence-electron chi connectivity index (χ2n) is 6.87. The molecule has 28 heavy (non-hydrogen) atoms. The third-order valence-corrected chi connectivity index (χ3v) is 6.49. The fraction of sp³-hybridized carbons (Fsp3) is 0.208. The molecule has 2 aromatic heterocycles. The average Bonchev–Trinajstić information content (AvgIpc) is 3.18. The van der Waals surface area contributed by atoms with Gasteiger partial charge in [-0.1, -0.05) is 42.5 Å². The van der Waals surface area contributed by atoms with E-state index >= 15 is 0 Å². The number of pyridine rings is 1. The highest BCUT2D eigenvalue weighted by molar-refractivity contribution is 7.22. The Morgan fingerprint density at radius 3 is 2.21 bits per heavy atom. The highest BCUT2D eigenvalue weighted by Gasteiger charge is 2.14. The van der Waals surface area contributed by atoms with Crippen molar-refractivity contribution in [3.8, 4) is 21.6 Å². The van der Waals surface area contributed by atoms with Crippen molar-refractivity contribution in [3.63, 3.8) is 0 Å². The fourth-order valence-corrected chi connectivity index (χ4v) is 4.86. The molecule has 0 unspecified atom stereocenters. The standard InChI is InChI=1S/C24H24N2OS/c1-4-26(5-2)19-13-11-18(12-14-19)22-16-21-24(28-22)20(15-23(27)25(21)3)17-9-7-6-8-10-17/h6-16H,4-5H2,1-3H3. The van der Waals surface area contributed by atoms with Crippen molar-refractivity contribution in [2.75, 3.05) is 18.0 Å². The summed E-state index contributed by atoms with van der Waals surface area (Å²) in [7, 11) is 1.85. The third kappa shape index (κ3) is 3.25. The van der Waals surface area contributed by atoms with Crippen LogP contribution < -0.4 is 10.5 Å². The van der Waals surface area contributed by atoms with Crippen LogP contribution in [0.5, 0.6) is 0 Å². The molecule has 0 atom stereocenters. The third-order valence-electron chi connectivity index (χ3n) is 5.28. The van der Waals surface area contributed by atoms with Gasteiger partial charge in [-0.05, 0) is 43.2 Å². The van der Waals surface area contributed by atoms with Gasteiger partial charge in [0.15, 0.2) is 0 Å². The zero-order chi connectivity index (χ0) is 19.7. The van der Waals surface area contributed by atoms with Crippen molar-refractivity contribution in [1.82, 2.24) is 4.57 Å². The molecule has 0 saturated heterocycles. The molecule has 0 saturated carbocycles. The predicted octanol–water partition coefficient (Wildman–Crippen LogP) is 5.78. The molecule has 4 aromatic rings. The summed E-state index contributed by atoms with van der Waals surface area (Å²) in [6, 6.07) is 22.8. The van der Waals surface area contributed by atoms with Gasteiger partial charge in [0, 0.05) is 42.3 Å². The first-order valence-corrected chi connectivity index (χ1v) is 10.5. The quantitative estimate of drug-likeness (QED) is 0.433. The summed E-state index contributed by atoms with van der Waals surface area (Å²) in [6.07, 6.45) is 0. The number of nitrogens with zero attached hydrogens (tertiary/aromatic N) is 2. The summed E-state index contributed by atoms with van der Waals surface area (Å²) in [5.74, 6) is 0. The van der Waals surface area contributed by atoms with Crippen LogP contribution in [0.25, 0.3) is 31.8 Å². The lowest BCUT2D eigenvalue weighted by Crippen LogP contribution is -2.21. The Labute approximate surface area is 169 Å². The van der Waals surface area contributed by atoms with Crippen LogP contribution in [0.15, 0.2) is 71.5 Å². The van der Waals surface area contributed by atoms with Gasteiger partial charge in [0.2, 0.25) is 0 Å². The van der Waals surface area contributed by atoms with E-state index < -0.39 is 0 Å². The fourth-order valence-electron chi connectivity index (χ4n) is 3.63. The summed E-state index contributed by atoms with van der Waals surface area (Å²) in [6.45, 7) is 6.35. The summed E-state index contributed by atoms with van der Waals surface area (Å²) >= 11 is 1.75. The van der Waals surface area contributed by atoms with Crippen molar-refractivity contribution >= 4 is 27.2 Å². The Bertz CT molecular complexity index is 1150. The Balaban J connectivity index is 1.84. The van der Waals surface area contributed by atoms with Crippen LogP contribution in [0.4, 0.5) is 5.69 Å². The van der Waals surface area contributed by atoms with Gasteiger partial charge in [-0.15, -0.1) is 11.3 Å². The first kappa shape index (κ1) is 18.5. The van der Waals surface area contributed by atoms with E-state index in [1.807, 2.05) is 25.2 Å². The molecule has 4 rings (SSSR count). The van der Waals surface area contributed by atoms with Crippen LogP contribution in [0.3, 0.4) is 0 Å². The summed E-state index contributed by atoms with van der Waals surface area (Å²) < 4.78 is 2.89. The number of rotatable bonds is 5. The molecule has 0 bridgehead atoms. The number of thiophene rings is 1. The Kier molecular flexibility index (Phi) is 5.05. The zero-order valence-electron chi connectivity index (χ0n) is 16.5. The molecule has 0 N–H and O–H groups in total. The maximum atomic E-state index is 12.5. The minimum atomic E-state index is 0.0209. The number of aromatic nitrogens is 1. The molecular weight excluding hydrogens is 364 g/mol. The van der Waals surface area contributed by atoms with Gasteiger partial charge in [-0.3, -0.25) is 4.79 Å². The maximum Gasteiger partial charge on any atom is 0.251 e. The van der Waals surface area contributed by atoms with E-state index in [-0.39, 0.29) is 5.56 Å². The van der Waals surface area contributed by atoms with E-state index in [9.17, 15) is 4.79 Å². The lowest BCUT2D eigenvalue weighted by Gasteiger charge is -2.21. The second kappa shape index (κ2) is 7.64. The van der Waals surface area contributed by atoms with Gasteiger partial charge >= 0.3 is 0 Å². The van der Waals surface area contributed by atoms with Crippen LogP contribution in [-0.2, 0) is 7.05 Å². The van der Waals surface area contributed by atoms with E-state index in [1.54, 1.807) is 22.0 Å². The van der Waals surface area contributed by atoms with Crippen LogP contribution in [0, 0.1) is 0 Å². The van der Waals surface area contributed by atoms with E-state index in [2.05, 4.69) is 61.2 Å². The van der Waals surface area contributed by atoms with Crippen molar-refractivity contribution in [2.45, 2.75) is 13.8 Å². The van der Waals surface area contributed by atoms with Crippen molar-refractivity contribution in [1.29, 1.82) is 0 Å². The van der Waals surface area contributed by atoms with E-state index in [0.717, 1.165) is 34.4 Å². The van der Waals surface area contributed by atoms with E-state index in [1.165, 1.54) is 16.1 Å². The smallest absolute Gasteiger partial charge is 0.251 e. The number of anilines is 1. The van der Waals surface area contributed by atoms with Crippen LogP contribution in [-0.4, -0.2) is 17.7 Å². The first-order chi connectivity index (χ1) is 13.6. The van der Waals surface area contributed by atoms with E-state index in [0.29, 0.717) is 0 Å². The van der Waals surface area contributed by atoms with Gasteiger partial charge in [0.25, 0.3) is 5.56 Å². The van der Waals surface area contributed by atoms with Gasteiger partial charge in [0.05, 0.1) is 10.2 Å². The maximum absolute atomic E-state index is 12.5. The SMILES string of the molecule is CCN(CC)c1ccc(-c2cc3c(s2)c(-c2ccccc2)cc(=O)n3C)cc1. The number of hydrogen-bond donors (Lipinski definition) is 0. The minimum Gasteiger partial charge on any atom is -0.372 e. The van der Waals surface area contributed by atoms with Crippen molar-refractivity contribution in [2.24, 2.45) is 7.05 Å². The van der Waals surface area contributed by atoms with Crippen LogP contribution in [0.1, 0.15) is 13.8 Å². The molecule has 0 aliphatic rings. The molecule has 0 amide bonds. The minimum absolute atomic E-state index is 0.0209. The first-order valence-electron chi connectivity index (χ1n) is 9.66. The predicted molar refractivity (Wildman–Crippen MR) is 121 cm³/mol. The molecule has 3 nitrogen and oxygen atoms in total. The van der Waals surface area contributed by atoms with Crippen LogP contribution in [0.2, 0.25) is 0 Å². The van der Waals surface area contributed by atoms with Gasteiger partial charge in [-0.2, -0.15) is 0 Å². The van der Waals surface area contributed by atoms with Crippen LogP contribution >= 0.6 is 11.3 Å². The summed E-state index contributed by atoms with van der Waals surface area (Å²) in [4.78, 5) is 16.0. The molecule has 0 radical (unpaired) electrons. The van der Waals surface area contributed by atoms with Gasteiger partial charge in [0.1, 0.15) is 0 Å². The number of aryl methyl sites for hydroxylation is 1. The summed E-state index contributed by atoms with van der Waals surface area (Å²) in [5.41, 5.74) is 5.52. The molecule has 0 aliphatic heterocycles. The number of hydrogen-bond acceptors (Lipinski definition) is 3. The number of fused-ring (bicyclic) bond motifs is 1. The second-order valence-corrected chi connectivity index (χ2v) is 7.92. The largest absolute Gasteiger partial charge is 0.372 e. The Hall–Kier alpha value is -2.85. The normalized spacial score (nSPS) is 11.1. The Morgan fingerprint density at radius 2 is 1.57 bits per heavy atom. The zero-order valence-corrected chi connectivity index (χ0v) is 17.3. The molecule has 0 fully saturated rings. The molecule has 0 spiro atoms. The summed E-state index contributed by atoms with van der Waals surface area (Å²) in [5, 5.41) is 0. The van der Waals surface area contributed by atoms with Crippen molar-refractivity contribution < 1.29 is 0 Å². The molecule has 4 heteroatoms.